The lowest BCUT2D eigenvalue weighted by molar-refractivity contribution is 0.300. The molecule has 0 unspecified atom stereocenters. The second-order valence-electron chi connectivity index (χ2n) is 4.42. The highest BCUT2D eigenvalue weighted by Crippen LogP contribution is 2.13. The van der Waals surface area contributed by atoms with E-state index < -0.39 is 0 Å². The summed E-state index contributed by atoms with van der Waals surface area (Å²) in [6.07, 6.45) is 4.55. The maximum Gasteiger partial charge on any atom is 0.144 e. The Morgan fingerprint density at radius 2 is 2.11 bits per heavy atom. The highest BCUT2D eigenvalue weighted by Gasteiger charge is 1.99. The third-order valence-electron chi connectivity index (χ3n) is 2.64. The second-order valence-corrected chi connectivity index (χ2v) is 4.42. The van der Waals surface area contributed by atoms with Crippen LogP contribution in [0.2, 0.25) is 0 Å². The lowest BCUT2D eigenvalue weighted by Crippen LogP contribution is -2.04. The lowest BCUT2D eigenvalue weighted by Gasteiger charge is -2.07. The van der Waals surface area contributed by atoms with E-state index in [9.17, 15) is 0 Å². The summed E-state index contributed by atoms with van der Waals surface area (Å²) in [5.41, 5.74) is 2.01. The molecule has 0 atom stereocenters. The van der Waals surface area contributed by atoms with Crippen LogP contribution in [0.4, 0.5) is 5.82 Å². The Labute approximate surface area is 113 Å². The number of nitrogens with one attached hydrogen (secondary N) is 1. The molecule has 0 aliphatic rings. The van der Waals surface area contributed by atoms with E-state index in [4.69, 9.17) is 4.74 Å². The van der Waals surface area contributed by atoms with Gasteiger partial charge in [-0.05, 0) is 31.0 Å². The number of aryl methyl sites for hydroxylation is 1. The normalized spacial score (nSPS) is 10.2. The van der Waals surface area contributed by atoms with Crippen molar-refractivity contribution in [3.63, 3.8) is 0 Å². The molecule has 4 heteroatoms. The van der Waals surface area contributed by atoms with Crippen LogP contribution in [0.1, 0.15) is 24.6 Å². The quantitative estimate of drug-likeness (QED) is 0.863. The van der Waals surface area contributed by atoms with E-state index in [0.29, 0.717) is 6.61 Å². The summed E-state index contributed by atoms with van der Waals surface area (Å²) in [7, 11) is 0. The third-order valence-corrected chi connectivity index (χ3v) is 2.64. The van der Waals surface area contributed by atoms with E-state index in [-0.39, 0.29) is 0 Å². The Morgan fingerprint density at radius 3 is 2.79 bits per heavy atom. The van der Waals surface area contributed by atoms with E-state index in [1.807, 2.05) is 31.2 Å². The summed E-state index contributed by atoms with van der Waals surface area (Å²) in [5, 5.41) is 3.19. The maximum absolute atomic E-state index is 5.67. The van der Waals surface area contributed by atoms with Crippen molar-refractivity contribution < 1.29 is 4.74 Å². The molecule has 1 aromatic carbocycles. The minimum absolute atomic E-state index is 0.435. The van der Waals surface area contributed by atoms with Gasteiger partial charge in [0, 0.05) is 6.54 Å². The summed E-state index contributed by atoms with van der Waals surface area (Å²) in [6.45, 7) is 5.50. The zero-order valence-corrected chi connectivity index (χ0v) is 11.4. The Morgan fingerprint density at radius 1 is 1.21 bits per heavy atom. The molecular weight excluding hydrogens is 238 g/mol. The van der Waals surface area contributed by atoms with E-state index >= 15 is 0 Å². The molecule has 100 valence electrons. The maximum atomic E-state index is 5.67. The number of nitrogens with zero attached hydrogens (tertiary/aromatic N) is 2. The molecule has 0 spiro atoms. The molecule has 0 saturated heterocycles. The number of aromatic nitrogens is 2. The van der Waals surface area contributed by atoms with Crippen molar-refractivity contribution >= 4 is 5.82 Å². The first-order valence-electron chi connectivity index (χ1n) is 6.52. The van der Waals surface area contributed by atoms with Gasteiger partial charge in [0.25, 0.3) is 0 Å². The molecule has 0 aliphatic carbocycles. The van der Waals surface area contributed by atoms with Gasteiger partial charge in [-0.3, -0.25) is 4.98 Å². The van der Waals surface area contributed by atoms with Crippen molar-refractivity contribution in [2.75, 3.05) is 11.9 Å². The fraction of sp³-hybridized carbons (Fsp3) is 0.333. The Balaban J connectivity index is 1.89. The number of ether oxygens (including phenoxy) is 1. The number of benzene rings is 1. The molecule has 2 aromatic rings. The average molecular weight is 257 g/mol. The molecular formula is C15H19N3O. The van der Waals surface area contributed by atoms with E-state index in [1.165, 1.54) is 5.56 Å². The highest BCUT2D eigenvalue weighted by atomic mass is 16.5. The summed E-state index contributed by atoms with van der Waals surface area (Å²) in [5.74, 6) is 1.66. The van der Waals surface area contributed by atoms with E-state index in [2.05, 4.69) is 22.2 Å². The Hall–Kier alpha value is -2.10. The molecule has 0 radical (unpaired) electrons. The van der Waals surface area contributed by atoms with Gasteiger partial charge in [0.1, 0.15) is 18.2 Å². The van der Waals surface area contributed by atoms with Crippen molar-refractivity contribution in [1.82, 2.24) is 9.97 Å². The van der Waals surface area contributed by atoms with Crippen LogP contribution in [-0.2, 0) is 6.61 Å². The summed E-state index contributed by atoms with van der Waals surface area (Å²) >= 11 is 0. The second kappa shape index (κ2) is 6.73. The molecule has 19 heavy (non-hydrogen) atoms. The predicted molar refractivity (Wildman–Crippen MR) is 76.3 cm³/mol. The van der Waals surface area contributed by atoms with Gasteiger partial charge in [-0.25, -0.2) is 4.98 Å². The lowest BCUT2D eigenvalue weighted by atomic mass is 10.2. The van der Waals surface area contributed by atoms with Crippen LogP contribution >= 0.6 is 0 Å². The molecule has 0 fully saturated rings. The van der Waals surface area contributed by atoms with Crippen LogP contribution in [0.25, 0.3) is 0 Å². The summed E-state index contributed by atoms with van der Waals surface area (Å²) in [4.78, 5) is 8.61. The van der Waals surface area contributed by atoms with Crippen LogP contribution in [0, 0.1) is 6.92 Å². The third kappa shape index (κ3) is 4.25. The molecule has 1 aromatic heterocycles. The van der Waals surface area contributed by atoms with Gasteiger partial charge >= 0.3 is 0 Å². The smallest absolute Gasteiger partial charge is 0.144 e. The molecule has 0 amide bonds. The molecule has 0 bridgehead atoms. The molecule has 1 heterocycles. The van der Waals surface area contributed by atoms with Gasteiger partial charge in [-0.15, -0.1) is 0 Å². The van der Waals surface area contributed by atoms with Gasteiger partial charge in [0.2, 0.25) is 0 Å². The topological polar surface area (TPSA) is 47.0 Å². The van der Waals surface area contributed by atoms with Crippen LogP contribution < -0.4 is 10.1 Å². The first-order chi connectivity index (χ1) is 9.28. The van der Waals surface area contributed by atoms with Gasteiger partial charge < -0.3 is 10.1 Å². The van der Waals surface area contributed by atoms with E-state index in [0.717, 1.165) is 30.2 Å². The van der Waals surface area contributed by atoms with Crippen LogP contribution in [0.15, 0.2) is 36.7 Å². The molecule has 4 nitrogen and oxygen atoms in total. The SMILES string of the molecule is CCCNc1cnc(COc2cccc(C)c2)cn1. The van der Waals surface area contributed by atoms with Crippen LogP contribution in [0.3, 0.4) is 0 Å². The standard InChI is InChI=1S/C15H19N3O/c1-3-7-16-15-10-17-13(9-18-15)11-19-14-6-4-5-12(2)8-14/h4-6,8-10H,3,7,11H2,1-2H3,(H,16,18). The molecule has 1 N–H and O–H groups in total. The number of rotatable bonds is 6. The largest absolute Gasteiger partial charge is 0.487 e. The van der Waals surface area contributed by atoms with Crippen LogP contribution in [0.5, 0.6) is 5.75 Å². The van der Waals surface area contributed by atoms with Crippen LogP contribution in [-0.4, -0.2) is 16.5 Å². The van der Waals surface area contributed by atoms with Gasteiger partial charge in [-0.1, -0.05) is 19.1 Å². The Kier molecular flexibility index (Phi) is 4.72. The fourth-order valence-corrected chi connectivity index (χ4v) is 1.64. The number of anilines is 1. The highest BCUT2D eigenvalue weighted by molar-refractivity contribution is 5.31. The zero-order chi connectivity index (χ0) is 13.5. The Bertz CT molecular complexity index is 511. The minimum Gasteiger partial charge on any atom is -0.487 e. The van der Waals surface area contributed by atoms with E-state index in [1.54, 1.807) is 12.4 Å². The number of hydrogen-bond donors (Lipinski definition) is 1. The predicted octanol–water partition coefficient (Wildman–Crippen LogP) is 3.19. The number of hydrogen-bond acceptors (Lipinski definition) is 4. The monoisotopic (exact) mass is 257 g/mol. The average Bonchev–Trinajstić information content (AvgIpc) is 2.44. The molecule has 0 aliphatic heterocycles. The molecule has 0 saturated carbocycles. The fourth-order valence-electron chi connectivity index (χ4n) is 1.64. The van der Waals surface area contributed by atoms with Crippen molar-refractivity contribution in [2.45, 2.75) is 26.9 Å². The van der Waals surface area contributed by atoms with Gasteiger partial charge in [0.15, 0.2) is 0 Å². The van der Waals surface area contributed by atoms with Crippen molar-refractivity contribution in [2.24, 2.45) is 0 Å². The van der Waals surface area contributed by atoms with Crippen molar-refractivity contribution in [1.29, 1.82) is 0 Å². The van der Waals surface area contributed by atoms with Gasteiger partial charge in [0.05, 0.1) is 18.1 Å². The van der Waals surface area contributed by atoms with Crippen molar-refractivity contribution in [3.8, 4) is 5.75 Å². The molecule has 2 rings (SSSR count). The summed E-state index contributed by atoms with van der Waals surface area (Å²) in [6, 6.07) is 7.97. The van der Waals surface area contributed by atoms with Crippen molar-refractivity contribution in [3.05, 3.63) is 47.9 Å². The van der Waals surface area contributed by atoms with Gasteiger partial charge in [-0.2, -0.15) is 0 Å². The minimum atomic E-state index is 0.435. The summed E-state index contributed by atoms with van der Waals surface area (Å²) < 4.78 is 5.67. The zero-order valence-electron chi connectivity index (χ0n) is 11.4. The first kappa shape index (κ1) is 13.3. The first-order valence-corrected chi connectivity index (χ1v) is 6.52.